The zero-order chi connectivity index (χ0) is 26.1. The molecule has 0 atom stereocenters. The highest BCUT2D eigenvalue weighted by Crippen LogP contribution is 2.27. The van der Waals surface area contributed by atoms with E-state index < -0.39 is 4.92 Å². The fraction of sp³-hybridized carbons (Fsp3) is 0.214. The van der Waals surface area contributed by atoms with Gasteiger partial charge in [0.15, 0.2) is 0 Å². The molecule has 1 amide bonds. The van der Waals surface area contributed by atoms with Gasteiger partial charge >= 0.3 is 0 Å². The van der Waals surface area contributed by atoms with Gasteiger partial charge in [-0.2, -0.15) is 5.10 Å². The average Bonchev–Trinajstić information content (AvgIpc) is 3.36. The summed E-state index contributed by atoms with van der Waals surface area (Å²) >= 11 is 6.26. The third kappa shape index (κ3) is 5.06. The summed E-state index contributed by atoms with van der Waals surface area (Å²) in [6, 6.07) is 21.8. The molecule has 0 bridgehead atoms. The molecule has 0 N–H and O–H groups in total. The number of nitro benzene ring substituents is 1. The molecule has 1 aliphatic rings. The van der Waals surface area contributed by atoms with E-state index in [1.54, 1.807) is 28.9 Å². The van der Waals surface area contributed by atoms with Crippen LogP contribution in [0.2, 0.25) is 5.02 Å². The third-order valence-electron chi connectivity index (χ3n) is 6.78. The molecule has 1 fully saturated rings. The van der Waals surface area contributed by atoms with Gasteiger partial charge in [0.1, 0.15) is 5.69 Å². The van der Waals surface area contributed by atoms with E-state index >= 15 is 0 Å². The minimum Gasteiger partial charge on any atom is -0.368 e. The Hall–Kier alpha value is -4.17. The predicted molar refractivity (Wildman–Crippen MR) is 145 cm³/mol. The number of aromatic nitrogens is 2. The van der Waals surface area contributed by atoms with Crippen LogP contribution in [0.4, 0.5) is 11.4 Å². The average molecular weight is 516 g/mol. The van der Waals surface area contributed by atoms with E-state index in [9.17, 15) is 14.9 Å². The molecule has 0 spiro atoms. The molecule has 0 unspecified atom stereocenters. The summed E-state index contributed by atoms with van der Waals surface area (Å²) in [7, 11) is 0. The summed E-state index contributed by atoms with van der Waals surface area (Å²) in [6.45, 7) is 6.42. The lowest BCUT2D eigenvalue weighted by Crippen LogP contribution is -2.49. The van der Waals surface area contributed by atoms with Crippen molar-refractivity contribution in [3.05, 3.63) is 105 Å². The van der Waals surface area contributed by atoms with E-state index in [4.69, 9.17) is 16.7 Å². The van der Waals surface area contributed by atoms with Gasteiger partial charge in [-0.05, 0) is 67.4 Å². The zero-order valence-electron chi connectivity index (χ0n) is 20.6. The van der Waals surface area contributed by atoms with Gasteiger partial charge in [0.05, 0.1) is 16.3 Å². The number of hydrogen-bond donors (Lipinski definition) is 0. The Bertz CT molecular complexity index is 1470. The second-order valence-electron chi connectivity index (χ2n) is 9.16. The second-order valence-corrected chi connectivity index (χ2v) is 9.59. The molecule has 3 aromatic carbocycles. The minimum absolute atomic E-state index is 0.0615. The van der Waals surface area contributed by atoms with Crippen LogP contribution in [0.25, 0.3) is 16.9 Å². The number of halogens is 1. The quantitative estimate of drug-likeness (QED) is 0.252. The van der Waals surface area contributed by atoms with Crippen molar-refractivity contribution < 1.29 is 9.72 Å². The van der Waals surface area contributed by atoms with Crippen LogP contribution in [0.15, 0.2) is 72.8 Å². The molecule has 1 aliphatic heterocycles. The van der Waals surface area contributed by atoms with Crippen molar-refractivity contribution in [3.63, 3.8) is 0 Å². The lowest BCUT2D eigenvalue weighted by molar-refractivity contribution is -0.384. The third-order valence-corrected chi connectivity index (χ3v) is 7.01. The number of rotatable bonds is 5. The first-order valence-corrected chi connectivity index (χ1v) is 12.4. The lowest BCUT2D eigenvalue weighted by atomic mass is 10.0. The highest BCUT2D eigenvalue weighted by Gasteiger charge is 2.27. The number of carbonyl (C=O) groups excluding carboxylic acids is 1. The Kier molecular flexibility index (Phi) is 6.67. The van der Waals surface area contributed by atoms with E-state index in [0.29, 0.717) is 36.9 Å². The first-order valence-electron chi connectivity index (χ1n) is 12.0. The predicted octanol–water partition coefficient (Wildman–Crippen LogP) is 5.68. The standard InChI is InChI=1S/C28H26ClN5O3/c1-19-6-7-21(16-20(19)2)26-18-27(33(30-26)25-5-3-4-22(29)17-25)28(35)32-14-12-31(13-15-32)23-8-10-24(11-9-23)34(36)37/h3-11,16-18H,12-15H2,1-2H3. The van der Waals surface area contributed by atoms with Crippen LogP contribution in [0.5, 0.6) is 0 Å². The molecule has 4 aromatic rings. The van der Waals surface area contributed by atoms with Crippen molar-refractivity contribution in [1.29, 1.82) is 0 Å². The van der Waals surface area contributed by atoms with Crippen molar-refractivity contribution in [2.75, 3.05) is 31.1 Å². The molecule has 0 radical (unpaired) electrons. The Labute approximate surface area is 219 Å². The van der Waals surface area contributed by atoms with Gasteiger partial charge in [0.25, 0.3) is 11.6 Å². The van der Waals surface area contributed by atoms with E-state index in [1.165, 1.54) is 17.7 Å². The Morgan fingerprint density at radius 1 is 0.892 bits per heavy atom. The number of carbonyl (C=O) groups is 1. The molecule has 5 rings (SSSR count). The van der Waals surface area contributed by atoms with Gasteiger partial charge in [-0.25, -0.2) is 4.68 Å². The summed E-state index contributed by atoms with van der Waals surface area (Å²) in [5, 5.41) is 16.3. The number of nitro groups is 1. The zero-order valence-corrected chi connectivity index (χ0v) is 21.4. The van der Waals surface area contributed by atoms with Crippen molar-refractivity contribution in [1.82, 2.24) is 14.7 Å². The maximum absolute atomic E-state index is 13.7. The van der Waals surface area contributed by atoms with Crippen molar-refractivity contribution in [2.24, 2.45) is 0 Å². The van der Waals surface area contributed by atoms with Crippen molar-refractivity contribution >= 4 is 28.9 Å². The molecule has 37 heavy (non-hydrogen) atoms. The maximum atomic E-state index is 13.7. The largest absolute Gasteiger partial charge is 0.368 e. The van der Waals surface area contributed by atoms with Crippen LogP contribution in [-0.4, -0.2) is 51.7 Å². The summed E-state index contributed by atoms with van der Waals surface area (Å²) in [5.74, 6) is -0.106. The Morgan fingerprint density at radius 3 is 2.27 bits per heavy atom. The topological polar surface area (TPSA) is 84.5 Å². The summed E-state index contributed by atoms with van der Waals surface area (Å²) in [4.78, 5) is 28.2. The van der Waals surface area contributed by atoms with Gasteiger partial charge in [0.2, 0.25) is 0 Å². The van der Waals surface area contributed by atoms with Gasteiger partial charge in [-0.1, -0.05) is 29.8 Å². The fourth-order valence-corrected chi connectivity index (χ4v) is 4.68. The molecule has 2 heterocycles. The summed E-state index contributed by atoms with van der Waals surface area (Å²) < 4.78 is 1.67. The van der Waals surface area contributed by atoms with Gasteiger partial charge in [-0.3, -0.25) is 14.9 Å². The highest BCUT2D eigenvalue weighted by molar-refractivity contribution is 6.30. The fourth-order valence-electron chi connectivity index (χ4n) is 4.49. The number of hydrogen-bond acceptors (Lipinski definition) is 5. The molecule has 9 heteroatoms. The first-order chi connectivity index (χ1) is 17.8. The van der Waals surface area contributed by atoms with Crippen molar-refractivity contribution in [2.45, 2.75) is 13.8 Å². The van der Waals surface area contributed by atoms with E-state index in [-0.39, 0.29) is 11.6 Å². The van der Waals surface area contributed by atoms with Crippen molar-refractivity contribution in [3.8, 4) is 16.9 Å². The van der Waals surface area contributed by atoms with Crippen LogP contribution in [0, 0.1) is 24.0 Å². The van der Waals surface area contributed by atoms with E-state index in [2.05, 4.69) is 30.9 Å². The molecular formula is C28H26ClN5O3. The summed E-state index contributed by atoms with van der Waals surface area (Å²) in [5.41, 5.74) is 6.17. The van der Waals surface area contributed by atoms with Gasteiger partial charge in [-0.15, -0.1) is 0 Å². The number of nitrogens with zero attached hydrogens (tertiary/aromatic N) is 5. The van der Waals surface area contributed by atoms with E-state index in [1.807, 2.05) is 29.2 Å². The minimum atomic E-state index is -0.407. The molecule has 0 saturated carbocycles. The van der Waals surface area contributed by atoms with Gasteiger partial charge < -0.3 is 9.80 Å². The van der Waals surface area contributed by atoms with Gasteiger partial charge in [0, 0.05) is 54.6 Å². The lowest BCUT2D eigenvalue weighted by Gasteiger charge is -2.36. The number of anilines is 1. The number of aryl methyl sites for hydroxylation is 2. The van der Waals surface area contributed by atoms with Crippen LogP contribution < -0.4 is 4.90 Å². The molecule has 0 aliphatic carbocycles. The number of benzene rings is 3. The Morgan fingerprint density at radius 2 is 1.62 bits per heavy atom. The SMILES string of the molecule is Cc1ccc(-c2cc(C(=O)N3CCN(c4ccc([N+](=O)[O-])cc4)CC3)n(-c3cccc(Cl)c3)n2)cc1C. The number of amides is 1. The Balaban J connectivity index is 1.41. The van der Waals surface area contributed by atoms with Crippen LogP contribution in [-0.2, 0) is 0 Å². The highest BCUT2D eigenvalue weighted by atomic mass is 35.5. The monoisotopic (exact) mass is 515 g/mol. The van der Waals surface area contributed by atoms with Crippen LogP contribution in [0.3, 0.4) is 0 Å². The first kappa shape index (κ1) is 24.5. The smallest absolute Gasteiger partial charge is 0.272 e. The number of piperazine rings is 1. The molecule has 1 saturated heterocycles. The maximum Gasteiger partial charge on any atom is 0.272 e. The normalized spacial score (nSPS) is 13.6. The van der Waals surface area contributed by atoms with Crippen LogP contribution in [0.1, 0.15) is 21.6 Å². The summed E-state index contributed by atoms with van der Waals surface area (Å²) in [6.07, 6.45) is 0. The molecular weight excluding hydrogens is 490 g/mol. The number of non-ortho nitro benzene ring substituents is 1. The molecule has 8 nitrogen and oxygen atoms in total. The molecule has 1 aromatic heterocycles. The van der Waals surface area contributed by atoms with Crippen LogP contribution >= 0.6 is 11.6 Å². The second kappa shape index (κ2) is 10.1. The van der Waals surface area contributed by atoms with E-state index in [0.717, 1.165) is 28.2 Å². The molecule has 188 valence electrons.